The van der Waals surface area contributed by atoms with E-state index >= 15 is 0 Å². The van der Waals surface area contributed by atoms with Gasteiger partial charge in [0.05, 0.1) is 6.10 Å². The Morgan fingerprint density at radius 1 is 0.759 bits per heavy atom. The molecule has 0 aliphatic heterocycles. The summed E-state index contributed by atoms with van der Waals surface area (Å²) in [6.07, 6.45) is 24.6. The van der Waals surface area contributed by atoms with Gasteiger partial charge in [-0.2, -0.15) is 0 Å². The summed E-state index contributed by atoms with van der Waals surface area (Å²) >= 11 is 8.04. The van der Waals surface area contributed by atoms with Crippen LogP contribution in [0.2, 0.25) is 6.04 Å². The van der Waals surface area contributed by atoms with Crippen molar-refractivity contribution in [2.75, 3.05) is 0 Å². The topological polar surface area (TPSA) is 26.3 Å². The van der Waals surface area contributed by atoms with Gasteiger partial charge in [-0.25, -0.2) is 4.79 Å². The fourth-order valence-corrected chi connectivity index (χ4v) is 7.62. The first-order valence-electron chi connectivity index (χ1n) is 11.7. The van der Waals surface area contributed by atoms with Crippen LogP contribution >= 0.6 is 65.4 Å². The van der Waals surface area contributed by atoms with Crippen LogP contribution in [0.4, 0.5) is 0 Å². The third-order valence-electron chi connectivity index (χ3n) is 5.30. The minimum Gasteiger partial charge on any atom is -0.460 e. The van der Waals surface area contributed by atoms with Crippen LogP contribution in [-0.4, -0.2) is 12.6 Å². The molecule has 0 rings (SSSR count). The lowest BCUT2D eigenvalue weighted by Crippen LogP contribution is -2.12. The zero-order valence-corrected chi connectivity index (χ0v) is 26.0. The number of halogens is 3. The quantitative estimate of drug-likeness (QED) is 0.0291. The summed E-state index contributed by atoms with van der Waals surface area (Å²) in [7, 11) is 0. The van der Waals surface area contributed by atoms with Crippen LogP contribution in [0.1, 0.15) is 116 Å². The number of esters is 1. The maximum atomic E-state index is 11.1. The molecule has 0 saturated heterocycles. The minimum atomic E-state index is -0.884. The monoisotopic (exact) mass is 760 g/mol. The predicted molar refractivity (Wildman–Crippen MR) is 157 cm³/mol. The summed E-state index contributed by atoms with van der Waals surface area (Å²) in [5, 5.41) is 0. The molecule has 2 nitrogen and oxygen atoms in total. The Kier molecular flexibility index (Phi) is 22.7. The van der Waals surface area contributed by atoms with E-state index in [9.17, 15) is 4.79 Å². The average Bonchev–Trinajstić information content (AvgIpc) is 2.66. The number of ether oxygens (including phenoxy) is 1. The number of carbonyl (C=O) groups is 1. The van der Waals surface area contributed by atoms with Crippen molar-refractivity contribution in [3.63, 3.8) is 0 Å². The third-order valence-corrected chi connectivity index (χ3v) is 11.1. The van der Waals surface area contributed by atoms with E-state index in [1.165, 1.54) is 108 Å². The number of unbranched alkanes of at least 4 members (excludes halogenated alkanes) is 15. The van der Waals surface area contributed by atoms with Crippen molar-refractivity contribution in [3.05, 3.63) is 12.7 Å². The summed E-state index contributed by atoms with van der Waals surface area (Å²) in [6.45, 7) is 5.40. The Morgan fingerprint density at radius 2 is 1.10 bits per heavy atom. The molecule has 1 atom stereocenters. The molecular weight excluding hydrogens is 717 g/mol. The second-order valence-corrected chi connectivity index (χ2v) is 45.1. The molecule has 0 aliphatic rings. The Labute approximate surface area is 220 Å². The van der Waals surface area contributed by atoms with Crippen molar-refractivity contribution in [3.8, 4) is 0 Å². The summed E-state index contributed by atoms with van der Waals surface area (Å²) < 4.78 is 4.30. The van der Waals surface area contributed by atoms with Gasteiger partial charge >= 0.3 is 5.97 Å². The van der Waals surface area contributed by atoms with Crippen LogP contribution in [-0.2, 0) is 9.53 Å². The molecule has 29 heavy (non-hydrogen) atoms. The van der Waals surface area contributed by atoms with Crippen LogP contribution in [0.5, 0.6) is 0 Å². The van der Waals surface area contributed by atoms with E-state index in [0.29, 0.717) is 0 Å². The smallest absolute Gasteiger partial charge is 0.330 e. The predicted octanol–water partition coefficient (Wildman–Crippen LogP) is 9.98. The number of hydrogen-bond acceptors (Lipinski definition) is 2. The van der Waals surface area contributed by atoms with Crippen LogP contribution in [0.25, 0.3) is 0 Å². The van der Waals surface area contributed by atoms with E-state index in [1.54, 1.807) is 0 Å². The largest absolute Gasteiger partial charge is 0.460 e. The van der Waals surface area contributed by atoms with Crippen LogP contribution < -0.4 is 0 Å². The molecule has 0 radical (unpaired) electrons. The van der Waals surface area contributed by atoms with E-state index in [1.807, 2.05) is 6.92 Å². The fraction of sp³-hybridized carbons (Fsp3) is 0.870. The van der Waals surface area contributed by atoms with Gasteiger partial charge in [-0.3, -0.25) is 0 Å². The van der Waals surface area contributed by atoms with Crippen LogP contribution in [0.15, 0.2) is 12.7 Å². The highest BCUT2D eigenvalue weighted by molar-refractivity contribution is 14.4. The lowest BCUT2D eigenvalue weighted by molar-refractivity contribution is -0.142. The molecule has 1 unspecified atom stereocenters. The number of rotatable bonds is 21. The second kappa shape index (κ2) is 21.5. The normalized spacial score (nSPS) is 12.7. The first kappa shape index (κ1) is 30.6. The first-order valence-corrected chi connectivity index (χ1v) is 23.3. The van der Waals surface area contributed by atoms with Gasteiger partial charge in [0.2, 0.25) is 0 Å². The Balaban J connectivity index is 3.15. The lowest BCUT2D eigenvalue weighted by atomic mass is 10.0. The molecule has 0 aromatic heterocycles. The van der Waals surface area contributed by atoms with Gasteiger partial charge in [-0.1, -0.05) is 168 Å². The molecule has 0 amide bonds. The highest BCUT2D eigenvalue weighted by Gasteiger charge is 2.19. The summed E-state index contributed by atoms with van der Waals surface area (Å²) in [4.78, 5) is 11.1. The minimum absolute atomic E-state index is 0.0228. The zero-order chi connectivity index (χ0) is 21.8. The van der Waals surface area contributed by atoms with Gasteiger partial charge in [0.15, 0.2) is 0 Å². The molecule has 0 aliphatic carbocycles. The average molecular weight is 760 g/mol. The molecule has 0 heterocycles. The van der Waals surface area contributed by atoms with E-state index in [4.69, 9.17) is 4.74 Å². The van der Waals surface area contributed by atoms with E-state index in [2.05, 4.69) is 72.0 Å². The van der Waals surface area contributed by atoms with E-state index in [0.717, 1.165) is 12.8 Å². The molecule has 172 valence electrons. The second-order valence-electron chi connectivity index (χ2n) is 8.26. The van der Waals surface area contributed by atoms with Crippen molar-refractivity contribution in [1.29, 1.82) is 0 Å². The number of hydrogen-bond donors (Lipinski definition) is 0. The molecule has 6 heteroatoms. The summed E-state index contributed by atoms with van der Waals surface area (Å²) in [5.41, 5.74) is 0. The van der Waals surface area contributed by atoms with Crippen molar-refractivity contribution in [2.24, 2.45) is 0 Å². The van der Waals surface area contributed by atoms with Crippen molar-refractivity contribution in [2.45, 2.75) is 128 Å². The third kappa shape index (κ3) is 25.8. The molecule has 0 saturated carbocycles. The van der Waals surface area contributed by atoms with Gasteiger partial charge < -0.3 is 4.74 Å². The first-order chi connectivity index (χ1) is 13.8. The standard InChI is InChI=1S/C23H43I3O2Si/c1-3-23(27)28-22(2)20-18-16-14-12-10-8-6-4-5-7-9-11-13-15-17-19-21-29(24,25)26/h3,22H,1,4-21H2,2H3. The molecule has 0 spiro atoms. The van der Waals surface area contributed by atoms with Crippen LogP contribution in [0, 0.1) is 0 Å². The van der Waals surface area contributed by atoms with Gasteiger partial charge in [-0.15, -0.1) is 0 Å². The molecular formula is C23H43I3O2Si. The molecule has 0 bridgehead atoms. The zero-order valence-electron chi connectivity index (χ0n) is 18.5. The van der Waals surface area contributed by atoms with Gasteiger partial charge in [0, 0.05) is 6.08 Å². The Hall–Kier alpha value is 1.62. The van der Waals surface area contributed by atoms with Crippen LogP contribution in [0.3, 0.4) is 0 Å². The van der Waals surface area contributed by atoms with Gasteiger partial charge in [-0.05, 0) is 25.8 Å². The molecule has 0 aromatic carbocycles. The maximum Gasteiger partial charge on any atom is 0.330 e. The number of carbonyl (C=O) groups excluding carboxylic acids is 1. The van der Waals surface area contributed by atoms with Gasteiger partial charge in [0.25, 0.3) is 0.564 Å². The van der Waals surface area contributed by atoms with Crippen molar-refractivity contribution >= 4 is 71.9 Å². The summed E-state index contributed by atoms with van der Waals surface area (Å²) in [6, 6.07) is 1.47. The Bertz CT molecular complexity index is 400. The SMILES string of the molecule is C=CC(=O)OC(C)CCCCCCCCCCCCCCCCCC[Si](I)(I)I. The highest BCUT2D eigenvalue weighted by Crippen LogP contribution is 2.35. The van der Waals surface area contributed by atoms with Gasteiger partial charge in [0.1, 0.15) is 0 Å². The highest BCUT2D eigenvalue weighted by atomic mass is 127. The molecule has 0 fully saturated rings. The fourth-order valence-electron chi connectivity index (χ4n) is 3.54. The lowest BCUT2D eigenvalue weighted by Gasteiger charge is -2.11. The van der Waals surface area contributed by atoms with E-state index < -0.39 is 0.564 Å². The van der Waals surface area contributed by atoms with Crippen molar-refractivity contribution in [1.82, 2.24) is 0 Å². The van der Waals surface area contributed by atoms with Crippen molar-refractivity contribution < 1.29 is 9.53 Å². The molecule has 0 aromatic rings. The molecule has 0 N–H and O–H groups in total. The maximum absolute atomic E-state index is 11.1. The van der Waals surface area contributed by atoms with E-state index in [-0.39, 0.29) is 12.1 Å². The summed E-state index contributed by atoms with van der Waals surface area (Å²) in [5.74, 6) is -0.301. The Morgan fingerprint density at radius 3 is 1.45 bits per heavy atom.